The molecule has 1 aromatic carbocycles. The van der Waals surface area contributed by atoms with E-state index >= 15 is 0 Å². The molecule has 0 unspecified atom stereocenters. The highest BCUT2D eigenvalue weighted by atomic mass is 19.1. The van der Waals surface area contributed by atoms with Crippen LogP contribution in [0.15, 0.2) is 42.6 Å². The van der Waals surface area contributed by atoms with Crippen molar-refractivity contribution in [2.24, 2.45) is 0 Å². The zero-order valence-electron chi connectivity index (χ0n) is 10.7. The van der Waals surface area contributed by atoms with Crippen molar-refractivity contribution in [3.05, 3.63) is 59.5 Å². The predicted molar refractivity (Wildman–Crippen MR) is 73.1 cm³/mol. The highest BCUT2D eigenvalue weighted by Crippen LogP contribution is 2.14. The summed E-state index contributed by atoms with van der Waals surface area (Å²) in [5.41, 5.74) is 0.177. The Kier molecular flexibility index (Phi) is 4.35. The van der Waals surface area contributed by atoms with Gasteiger partial charge in [0.2, 0.25) is 0 Å². The zero-order chi connectivity index (χ0) is 15.2. The van der Waals surface area contributed by atoms with Gasteiger partial charge in [-0.25, -0.2) is 9.18 Å². The average molecular weight is 287 g/mol. The van der Waals surface area contributed by atoms with Crippen LogP contribution >= 0.6 is 0 Å². The largest absolute Gasteiger partial charge is 0.478 e. The molecule has 0 fully saturated rings. The molecule has 0 saturated carbocycles. The van der Waals surface area contributed by atoms with Crippen LogP contribution in [0.2, 0.25) is 0 Å². The predicted octanol–water partition coefficient (Wildman–Crippen LogP) is 1.97. The van der Waals surface area contributed by atoms with Crippen LogP contribution in [-0.2, 0) is 4.79 Å². The number of aromatic nitrogens is 2. The Labute approximate surface area is 118 Å². The van der Waals surface area contributed by atoms with Crippen molar-refractivity contribution in [2.45, 2.75) is 0 Å². The Morgan fingerprint density at radius 3 is 2.76 bits per heavy atom. The van der Waals surface area contributed by atoms with Gasteiger partial charge in [-0.15, -0.1) is 5.10 Å². The molecule has 1 amide bonds. The van der Waals surface area contributed by atoms with E-state index in [4.69, 9.17) is 5.11 Å². The first-order valence-electron chi connectivity index (χ1n) is 5.86. The van der Waals surface area contributed by atoms with Gasteiger partial charge in [-0.3, -0.25) is 4.79 Å². The van der Waals surface area contributed by atoms with E-state index in [1.807, 2.05) is 0 Å². The van der Waals surface area contributed by atoms with Crippen molar-refractivity contribution in [1.29, 1.82) is 0 Å². The minimum atomic E-state index is -1.13. The van der Waals surface area contributed by atoms with Gasteiger partial charge >= 0.3 is 5.97 Å². The van der Waals surface area contributed by atoms with Crippen molar-refractivity contribution in [3.8, 4) is 0 Å². The number of amides is 1. The third-order valence-electron chi connectivity index (χ3n) is 2.47. The second-order valence-corrected chi connectivity index (χ2v) is 3.97. The number of carboxylic acid groups (broad SMARTS) is 1. The summed E-state index contributed by atoms with van der Waals surface area (Å²) in [7, 11) is 0. The molecule has 21 heavy (non-hydrogen) atoms. The van der Waals surface area contributed by atoms with Crippen LogP contribution in [0.25, 0.3) is 6.08 Å². The Morgan fingerprint density at radius 1 is 1.29 bits per heavy atom. The summed E-state index contributed by atoms with van der Waals surface area (Å²) < 4.78 is 13.7. The number of carboxylic acids is 1. The molecule has 0 aliphatic heterocycles. The zero-order valence-corrected chi connectivity index (χ0v) is 10.7. The summed E-state index contributed by atoms with van der Waals surface area (Å²) in [4.78, 5) is 22.4. The first-order valence-corrected chi connectivity index (χ1v) is 5.86. The number of benzene rings is 1. The number of hydrogen-bond donors (Lipinski definition) is 2. The minimum Gasteiger partial charge on any atom is -0.478 e. The number of anilines is 1. The second kappa shape index (κ2) is 6.38. The van der Waals surface area contributed by atoms with Gasteiger partial charge in [0.15, 0.2) is 5.82 Å². The van der Waals surface area contributed by atoms with E-state index in [-0.39, 0.29) is 11.4 Å². The Bertz CT molecular complexity index is 702. The van der Waals surface area contributed by atoms with Crippen LogP contribution in [0, 0.1) is 5.82 Å². The number of nitrogens with one attached hydrogen (secondary N) is 1. The molecule has 0 spiro atoms. The Hall–Kier alpha value is -3.09. The molecular weight excluding hydrogens is 277 g/mol. The van der Waals surface area contributed by atoms with E-state index in [1.165, 1.54) is 30.5 Å². The molecule has 0 aliphatic carbocycles. The summed E-state index contributed by atoms with van der Waals surface area (Å²) in [5.74, 6) is -2.36. The number of nitrogens with zero attached hydrogens (tertiary/aromatic N) is 2. The summed E-state index contributed by atoms with van der Waals surface area (Å²) in [5, 5.41) is 18.2. The van der Waals surface area contributed by atoms with Gasteiger partial charge in [0.25, 0.3) is 5.91 Å². The van der Waals surface area contributed by atoms with Crippen LogP contribution in [0.1, 0.15) is 15.9 Å². The number of aliphatic carboxylic acids is 1. The van der Waals surface area contributed by atoms with Crippen LogP contribution in [0.5, 0.6) is 0 Å². The lowest BCUT2D eigenvalue weighted by Crippen LogP contribution is -2.15. The van der Waals surface area contributed by atoms with Gasteiger partial charge in [-0.05, 0) is 35.9 Å². The van der Waals surface area contributed by atoms with E-state index in [0.717, 1.165) is 12.1 Å². The lowest BCUT2D eigenvalue weighted by atomic mass is 10.1. The monoisotopic (exact) mass is 287 g/mol. The van der Waals surface area contributed by atoms with Crippen molar-refractivity contribution in [3.63, 3.8) is 0 Å². The van der Waals surface area contributed by atoms with Crippen LogP contribution in [0.3, 0.4) is 0 Å². The molecule has 0 saturated heterocycles. The summed E-state index contributed by atoms with van der Waals surface area (Å²) in [6.07, 6.45) is 3.60. The van der Waals surface area contributed by atoms with E-state index < -0.39 is 17.7 Å². The first kappa shape index (κ1) is 14.3. The third kappa shape index (κ3) is 3.93. The highest BCUT2D eigenvalue weighted by Gasteiger charge is 2.13. The molecule has 6 nitrogen and oxygen atoms in total. The maximum absolute atomic E-state index is 13.7. The smallest absolute Gasteiger partial charge is 0.328 e. The van der Waals surface area contributed by atoms with Gasteiger partial charge in [0.05, 0.1) is 5.56 Å². The number of carbonyl (C=O) groups excluding carboxylic acids is 1. The maximum Gasteiger partial charge on any atom is 0.328 e. The molecule has 0 atom stereocenters. The Balaban J connectivity index is 2.24. The average Bonchev–Trinajstić information content (AvgIpc) is 2.47. The number of halogens is 1. The molecule has 0 radical (unpaired) electrons. The number of hydrogen-bond acceptors (Lipinski definition) is 4. The van der Waals surface area contributed by atoms with Gasteiger partial charge in [-0.1, -0.05) is 6.07 Å². The fraction of sp³-hybridized carbons (Fsp3) is 0. The SMILES string of the molecule is O=C(O)/C=C/c1ccc(F)c(C(=O)Nc2cccnn2)c1. The number of carbonyl (C=O) groups is 2. The maximum atomic E-state index is 13.7. The lowest BCUT2D eigenvalue weighted by Gasteiger charge is -2.05. The van der Waals surface area contributed by atoms with Gasteiger partial charge in [0.1, 0.15) is 5.82 Å². The molecule has 0 bridgehead atoms. The third-order valence-corrected chi connectivity index (χ3v) is 2.47. The summed E-state index contributed by atoms with van der Waals surface area (Å²) in [6.45, 7) is 0. The van der Waals surface area contributed by atoms with E-state index in [9.17, 15) is 14.0 Å². The second-order valence-electron chi connectivity index (χ2n) is 3.97. The molecule has 0 aliphatic rings. The highest BCUT2D eigenvalue weighted by molar-refractivity contribution is 6.04. The Morgan fingerprint density at radius 2 is 2.10 bits per heavy atom. The summed E-state index contributed by atoms with van der Waals surface area (Å²) in [6, 6.07) is 6.80. The van der Waals surface area contributed by atoms with Crippen LogP contribution < -0.4 is 5.32 Å². The topological polar surface area (TPSA) is 92.2 Å². The number of rotatable bonds is 4. The van der Waals surface area contributed by atoms with E-state index in [0.29, 0.717) is 5.56 Å². The van der Waals surface area contributed by atoms with Crippen molar-refractivity contribution in [1.82, 2.24) is 10.2 Å². The van der Waals surface area contributed by atoms with Gasteiger partial charge < -0.3 is 10.4 Å². The van der Waals surface area contributed by atoms with Crippen LogP contribution in [-0.4, -0.2) is 27.2 Å². The molecule has 7 heteroatoms. The minimum absolute atomic E-state index is 0.188. The molecule has 1 aromatic heterocycles. The standard InChI is InChI=1S/C14H10FN3O3/c15-11-5-3-9(4-6-13(19)20)8-10(11)14(21)17-12-2-1-7-16-18-12/h1-8H,(H,19,20)(H,17,18,21)/b6-4+. The molecule has 2 N–H and O–H groups in total. The molecule has 2 rings (SSSR count). The lowest BCUT2D eigenvalue weighted by molar-refractivity contribution is -0.131. The molecule has 106 valence electrons. The summed E-state index contributed by atoms with van der Waals surface area (Å²) >= 11 is 0. The van der Waals surface area contributed by atoms with Gasteiger partial charge in [0, 0.05) is 12.3 Å². The molecule has 2 aromatic rings. The molecule has 1 heterocycles. The van der Waals surface area contributed by atoms with Gasteiger partial charge in [-0.2, -0.15) is 5.10 Å². The van der Waals surface area contributed by atoms with Crippen molar-refractivity contribution in [2.75, 3.05) is 5.32 Å². The van der Waals surface area contributed by atoms with E-state index in [2.05, 4.69) is 15.5 Å². The van der Waals surface area contributed by atoms with Crippen LogP contribution in [0.4, 0.5) is 10.2 Å². The molecular formula is C14H10FN3O3. The van der Waals surface area contributed by atoms with Crippen molar-refractivity contribution >= 4 is 23.8 Å². The normalized spacial score (nSPS) is 10.5. The van der Waals surface area contributed by atoms with Crippen molar-refractivity contribution < 1.29 is 19.1 Å². The first-order chi connectivity index (χ1) is 10.1. The van der Waals surface area contributed by atoms with E-state index in [1.54, 1.807) is 6.07 Å². The quantitative estimate of drug-likeness (QED) is 0.839. The fourth-order valence-corrected chi connectivity index (χ4v) is 1.54. The fourth-order valence-electron chi connectivity index (χ4n) is 1.54.